The number of aromatic nitrogens is 1. The number of hydrogen-bond donors (Lipinski definition) is 1. The number of carbonyl (C=O) groups excluding carboxylic acids is 1. The molecule has 0 aliphatic heterocycles. The first kappa shape index (κ1) is 14.6. The molecule has 5 heteroatoms. The minimum atomic E-state index is -0.202. The van der Waals surface area contributed by atoms with Crippen molar-refractivity contribution in [1.29, 1.82) is 0 Å². The highest BCUT2D eigenvalue weighted by Crippen LogP contribution is 2.19. The van der Waals surface area contributed by atoms with Crippen molar-refractivity contribution in [2.45, 2.75) is 6.54 Å². The summed E-state index contributed by atoms with van der Waals surface area (Å²) in [6.07, 6.45) is 4.78. The second-order valence-electron chi connectivity index (χ2n) is 4.07. The van der Waals surface area contributed by atoms with Crippen LogP contribution in [0.3, 0.4) is 0 Å². The maximum Gasteiger partial charge on any atom is 0.244 e. The van der Waals surface area contributed by atoms with Crippen LogP contribution >= 0.6 is 23.2 Å². The lowest BCUT2D eigenvalue weighted by Crippen LogP contribution is -2.20. The molecule has 0 saturated heterocycles. The number of hydrogen-bond acceptors (Lipinski definition) is 2. The summed E-state index contributed by atoms with van der Waals surface area (Å²) in [5.74, 6) is -0.202. The molecular formula is C15H12Cl2N2O. The Morgan fingerprint density at radius 1 is 1.20 bits per heavy atom. The Labute approximate surface area is 127 Å². The highest BCUT2D eigenvalue weighted by atomic mass is 35.5. The summed E-state index contributed by atoms with van der Waals surface area (Å²) in [5, 5.41) is 3.81. The predicted octanol–water partition coefficient (Wildman–Crippen LogP) is 3.72. The fraction of sp³-hybridized carbons (Fsp3) is 0.0667. The van der Waals surface area contributed by atoms with Crippen LogP contribution < -0.4 is 5.32 Å². The van der Waals surface area contributed by atoms with Crippen molar-refractivity contribution < 1.29 is 4.79 Å². The van der Waals surface area contributed by atoms with E-state index in [1.165, 1.54) is 6.08 Å². The zero-order valence-electron chi connectivity index (χ0n) is 10.5. The number of amides is 1. The third-order valence-electron chi connectivity index (χ3n) is 2.48. The molecule has 0 saturated carbocycles. The van der Waals surface area contributed by atoms with Gasteiger partial charge in [-0.25, -0.2) is 0 Å². The Kier molecular flexibility index (Phi) is 5.16. The van der Waals surface area contributed by atoms with E-state index in [1.807, 2.05) is 18.2 Å². The molecule has 102 valence electrons. The van der Waals surface area contributed by atoms with Crippen molar-refractivity contribution in [3.05, 3.63) is 70.0 Å². The summed E-state index contributed by atoms with van der Waals surface area (Å²) in [4.78, 5) is 15.8. The fourth-order valence-corrected chi connectivity index (χ4v) is 2.13. The van der Waals surface area contributed by atoms with E-state index in [0.717, 1.165) is 11.3 Å². The smallest absolute Gasteiger partial charge is 0.244 e. The minimum absolute atomic E-state index is 0.202. The topological polar surface area (TPSA) is 42.0 Å². The van der Waals surface area contributed by atoms with Gasteiger partial charge in [-0.1, -0.05) is 29.3 Å². The summed E-state index contributed by atoms with van der Waals surface area (Å²) in [6, 6.07) is 10.7. The Balaban J connectivity index is 1.92. The van der Waals surface area contributed by atoms with Gasteiger partial charge in [-0.15, -0.1) is 0 Å². The molecule has 3 nitrogen and oxygen atoms in total. The Morgan fingerprint density at radius 3 is 2.60 bits per heavy atom. The lowest BCUT2D eigenvalue weighted by Gasteiger charge is -2.01. The predicted molar refractivity (Wildman–Crippen MR) is 81.6 cm³/mol. The highest BCUT2D eigenvalue weighted by Gasteiger charge is 1.98. The van der Waals surface area contributed by atoms with Gasteiger partial charge in [0, 0.05) is 22.3 Å². The summed E-state index contributed by atoms with van der Waals surface area (Å²) in [6.45, 7) is 0.389. The molecule has 0 atom stereocenters. The van der Waals surface area contributed by atoms with Crippen LogP contribution in [0.5, 0.6) is 0 Å². The molecule has 0 spiro atoms. The number of benzene rings is 1. The zero-order chi connectivity index (χ0) is 14.4. The van der Waals surface area contributed by atoms with E-state index >= 15 is 0 Å². The monoisotopic (exact) mass is 306 g/mol. The maximum absolute atomic E-state index is 11.7. The second-order valence-corrected chi connectivity index (χ2v) is 4.95. The molecule has 1 amide bonds. The number of nitrogens with zero attached hydrogens (tertiary/aromatic N) is 1. The zero-order valence-corrected chi connectivity index (χ0v) is 12.0. The van der Waals surface area contributed by atoms with Crippen LogP contribution in [0.25, 0.3) is 6.08 Å². The van der Waals surface area contributed by atoms with Crippen molar-refractivity contribution >= 4 is 35.2 Å². The number of carbonyl (C=O) groups is 1. The minimum Gasteiger partial charge on any atom is -0.347 e. The SMILES string of the molecule is O=C(/C=C\c1cc(Cl)cc(Cl)c1)NCc1ccccn1. The van der Waals surface area contributed by atoms with Crippen LogP contribution in [-0.2, 0) is 11.3 Å². The number of pyridine rings is 1. The third-order valence-corrected chi connectivity index (χ3v) is 2.92. The normalized spacial score (nSPS) is 10.7. The molecule has 0 aliphatic rings. The fourth-order valence-electron chi connectivity index (χ4n) is 1.58. The molecular weight excluding hydrogens is 295 g/mol. The van der Waals surface area contributed by atoms with Crippen LogP contribution in [0.4, 0.5) is 0 Å². The van der Waals surface area contributed by atoms with E-state index in [1.54, 1.807) is 30.5 Å². The molecule has 1 N–H and O–H groups in total. The van der Waals surface area contributed by atoms with Crippen LogP contribution in [0.1, 0.15) is 11.3 Å². The summed E-state index contributed by atoms with van der Waals surface area (Å²) in [7, 11) is 0. The molecule has 0 bridgehead atoms. The van der Waals surface area contributed by atoms with Crippen molar-refractivity contribution in [1.82, 2.24) is 10.3 Å². The molecule has 1 aromatic heterocycles. The maximum atomic E-state index is 11.7. The van der Waals surface area contributed by atoms with Gasteiger partial charge in [-0.3, -0.25) is 9.78 Å². The van der Waals surface area contributed by atoms with Gasteiger partial charge in [0.05, 0.1) is 12.2 Å². The van der Waals surface area contributed by atoms with Crippen LogP contribution in [-0.4, -0.2) is 10.9 Å². The average molecular weight is 307 g/mol. The van der Waals surface area contributed by atoms with Crippen molar-refractivity contribution in [2.75, 3.05) is 0 Å². The van der Waals surface area contributed by atoms with Gasteiger partial charge in [0.15, 0.2) is 0 Å². The molecule has 1 heterocycles. The first-order valence-corrected chi connectivity index (χ1v) is 6.71. The molecule has 2 rings (SSSR count). The Morgan fingerprint density at radius 2 is 1.95 bits per heavy atom. The number of rotatable bonds is 4. The first-order valence-electron chi connectivity index (χ1n) is 5.95. The van der Waals surface area contributed by atoms with E-state index < -0.39 is 0 Å². The molecule has 0 fully saturated rings. The van der Waals surface area contributed by atoms with Crippen molar-refractivity contribution in [2.24, 2.45) is 0 Å². The van der Waals surface area contributed by atoms with E-state index in [0.29, 0.717) is 16.6 Å². The summed E-state index contributed by atoms with van der Waals surface area (Å²) < 4.78 is 0. The van der Waals surface area contributed by atoms with Gasteiger partial charge in [-0.2, -0.15) is 0 Å². The van der Waals surface area contributed by atoms with Crippen molar-refractivity contribution in [3.63, 3.8) is 0 Å². The average Bonchev–Trinajstić information content (AvgIpc) is 2.43. The van der Waals surface area contributed by atoms with Gasteiger partial charge >= 0.3 is 0 Å². The molecule has 0 radical (unpaired) electrons. The Hall–Kier alpha value is -1.84. The molecule has 1 aromatic carbocycles. The first-order chi connectivity index (χ1) is 9.63. The van der Waals surface area contributed by atoms with Crippen molar-refractivity contribution in [3.8, 4) is 0 Å². The lowest BCUT2D eigenvalue weighted by atomic mass is 10.2. The lowest BCUT2D eigenvalue weighted by molar-refractivity contribution is -0.116. The number of halogens is 2. The summed E-state index contributed by atoms with van der Waals surface area (Å²) >= 11 is 11.8. The molecule has 0 unspecified atom stereocenters. The van der Waals surface area contributed by atoms with E-state index in [9.17, 15) is 4.79 Å². The van der Waals surface area contributed by atoms with Gasteiger partial charge < -0.3 is 5.32 Å². The molecule has 0 aliphatic carbocycles. The highest BCUT2D eigenvalue weighted by molar-refractivity contribution is 6.34. The summed E-state index contributed by atoms with van der Waals surface area (Å²) in [5.41, 5.74) is 1.58. The van der Waals surface area contributed by atoms with Crippen LogP contribution in [0.2, 0.25) is 10.0 Å². The number of nitrogens with one attached hydrogen (secondary N) is 1. The van der Waals surface area contributed by atoms with Gasteiger partial charge in [0.2, 0.25) is 5.91 Å². The van der Waals surface area contributed by atoms with Gasteiger partial charge in [0.25, 0.3) is 0 Å². The van der Waals surface area contributed by atoms with E-state index in [4.69, 9.17) is 23.2 Å². The van der Waals surface area contributed by atoms with Crippen LogP contribution in [0.15, 0.2) is 48.7 Å². The molecule has 2 aromatic rings. The second kappa shape index (κ2) is 7.08. The van der Waals surface area contributed by atoms with Crippen LogP contribution in [0, 0.1) is 0 Å². The standard InChI is InChI=1S/C15H12Cl2N2O/c16-12-7-11(8-13(17)9-12)4-5-15(20)19-10-14-3-1-2-6-18-14/h1-9H,10H2,(H,19,20)/b5-4-. The quantitative estimate of drug-likeness (QED) is 0.875. The van der Waals surface area contributed by atoms with Gasteiger partial charge in [-0.05, 0) is 42.0 Å². The van der Waals surface area contributed by atoms with Gasteiger partial charge in [0.1, 0.15) is 0 Å². The Bertz CT molecular complexity index is 607. The molecule has 20 heavy (non-hydrogen) atoms. The van der Waals surface area contributed by atoms with E-state index in [2.05, 4.69) is 10.3 Å². The largest absolute Gasteiger partial charge is 0.347 e. The van der Waals surface area contributed by atoms with E-state index in [-0.39, 0.29) is 5.91 Å². The third kappa shape index (κ3) is 4.68.